The fraction of sp³-hybridized carbons (Fsp3) is 0.167. The van der Waals surface area contributed by atoms with Gasteiger partial charge >= 0.3 is 6.09 Å². The van der Waals surface area contributed by atoms with Gasteiger partial charge in [-0.2, -0.15) is 0 Å². The lowest BCUT2D eigenvalue weighted by molar-refractivity contribution is 0.149. The number of aromatic nitrogens is 2. The van der Waals surface area contributed by atoms with Crippen LogP contribution in [0, 0.1) is 0 Å². The van der Waals surface area contributed by atoms with Gasteiger partial charge in [-0.25, -0.2) is 14.8 Å². The zero-order chi connectivity index (χ0) is 8.10. The number of amides is 1. The number of nitrogens with zero attached hydrogens (tertiary/aromatic N) is 2. The quantitative estimate of drug-likeness (QED) is 0.652. The van der Waals surface area contributed by atoms with E-state index in [0.717, 1.165) is 0 Å². The molecule has 0 spiro atoms. The summed E-state index contributed by atoms with van der Waals surface area (Å²) >= 11 is 0. The second kappa shape index (κ2) is 3.50. The van der Waals surface area contributed by atoms with Gasteiger partial charge in [-0.15, -0.1) is 0 Å². The third-order valence-corrected chi connectivity index (χ3v) is 1.01. The van der Waals surface area contributed by atoms with E-state index in [0.29, 0.717) is 5.69 Å². The lowest BCUT2D eigenvalue weighted by Crippen LogP contribution is -2.13. The van der Waals surface area contributed by atoms with Crippen LogP contribution >= 0.6 is 0 Å². The van der Waals surface area contributed by atoms with Crippen molar-refractivity contribution >= 4 is 6.09 Å². The summed E-state index contributed by atoms with van der Waals surface area (Å²) in [7, 11) is 0. The molecule has 0 aromatic carbocycles. The van der Waals surface area contributed by atoms with E-state index < -0.39 is 6.09 Å². The van der Waals surface area contributed by atoms with E-state index in [1.807, 2.05) is 0 Å². The molecule has 58 valence electrons. The summed E-state index contributed by atoms with van der Waals surface area (Å²) in [4.78, 5) is 17.6. The Hall–Kier alpha value is -1.65. The molecule has 0 saturated heterocycles. The summed E-state index contributed by atoms with van der Waals surface area (Å²) in [5.41, 5.74) is 5.36. The summed E-state index contributed by atoms with van der Waals surface area (Å²) in [6, 6.07) is 1.64. The van der Waals surface area contributed by atoms with Crippen LogP contribution in [0.2, 0.25) is 0 Å². The minimum absolute atomic E-state index is 0.0951. The van der Waals surface area contributed by atoms with Crippen molar-refractivity contribution in [1.29, 1.82) is 0 Å². The lowest BCUT2D eigenvalue weighted by atomic mass is 10.4. The maximum absolute atomic E-state index is 10.1. The van der Waals surface area contributed by atoms with E-state index in [-0.39, 0.29) is 6.61 Å². The van der Waals surface area contributed by atoms with Crippen LogP contribution in [0.3, 0.4) is 0 Å². The molecule has 0 unspecified atom stereocenters. The van der Waals surface area contributed by atoms with Crippen molar-refractivity contribution < 1.29 is 9.53 Å². The Labute approximate surface area is 63.2 Å². The van der Waals surface area contributed by atoms with Crippen LogP contribution in [0.4, 0.5) is 4.79 Å². The first-order chi connectivity index (χ1) is 5.29. The molecule has 0 aliphatic rings. The fourth-order valence-electron chi connectivity index (χ4n) is 0.549. The predicted molar refractivity (Wildman–Crippen MR) is 36.4 cm³/mol. The monoisotopic (exact) mass is 153 g/mol. The molecule has 0 aliphatic heterocycles. The highest BCUT2D eigenvalue weighted by atomic mass is 16.5. The van der Waals surface area contributed by atoms with Crippen molar-refractivity contribution in [2.45, 2.75) is 6.61 Å². The van der Waals surface area contributed by atoms with Gasteiger partial charge in [-0.05, 0) is 6.07 Å². The van der Waals surface area contributed by atoms with Gasteiger partial charge in [0.25, 0.3) is 0 Å². The molecule has 11 heavy (non-hydrogen) atoms. The number of primary amides is 1. The molecule has 0 aliphatic carbocycles. The Morgan fingerprint density at radius 3 is 3.09 bits per heavy atom. The maximum atomic E-state index is 10.1. The van der Waals surface area contributed by atoms with Gasteiger partial charge in [0.2, 0.25) is 0 Å². The van der Waals surface area contributed by atoms with Crippen LogP contribution in [0.25, 0.3) is 0 Å². The van der Waals surface area contributed by atoms with Crippen molar-refractivity contribution in [1.82, 2.24) is 9.97 Å². The van der Waals surface area contributed by atoms with Gasteiger partial charge in [-0.1, -0.05) is 0 Å². The second-order valence-corrected chi connectivity index (χ2v) is 1.81. The summed E-state index contributed by atoms with van der Waals surface area (Å²) in [5.74, 6) is 0. The fourth-order valence-corrected chi connectivity index (χ4v) is 0.549. The van der Waals surface area contributed by atoms with E-state index in [9.17, 15) is 4.79 Å². The van der Waals surface area contributed by atoms with Crippen molar-refractivity contribution in [2.75, 3.05) is 0 Å². The minimum Gasteiger partial charge on any atom is -0.443 e. The smallest absolute Gasteiger partial charge is 0.404 e. The highest BCUT2D eigenvalue weighted by molar-refractivity contribution is 5.64. The van der Waals surface area contributed by atoms with Gasteiger partial charge in [0.1, 0.15) is 12.9 Å². The van der Waals surface area contributed by atoms with E-state index in [1.165, 1.54) is 6.33 Å². The molecule has 1 rings (SSSR count). The van der Waals surface area contributed by atoms with Gasteiger partial charge in [0.05, 0.1) is 5.69 Å². The van der Waals surface area contributed by atoms with Crippen LogP contribution in [0.5, 0.6) is 0 Å². The predicted octanol–water partition coefficient (Wildman–Crippen LogP) is 0.0719. The number of carbonyl (C=O) groups is 1. The van der Waals surface area contributed by atoms with Gasteiger partial charge in [-0.3, -0.25) is 0 Å². The molecule has 0 bridgehead atoms. The molecule has 5 nitrogen and oxygen atoms in total. The van der Waals surface area contributed by atoms with Crippen molar-refractivity contribution in [2.24, 2.45) is 5.73 Å². The molecule has 1 heterocycles. The summed E-state index contributed by atoms with van der Waals surface area (Å²) < 4.78 is 4.48. The molecule has 1 amide bonds. The minimum atomic E-state index is -0.802. The molecule has 0 atom stereocenters. The molecule has 5 heteroatoms. The number of ether oxygens (including phenoxy) is 1. The first-order valence-electron chi connectivity index (χ1n) is 2.96. The first kappa shape index (κ1) is 7.46. The SMILES string of the molecule is NC(=O)OCc1ccncn1. The highest BCUT2D eigenvalue weighted by Gasteiger charge is 1.95. The Morgan fingerprint density at radius 1 is 1.73 bits per heavy atom. The van der Waals surface area contributed by atoms with Crippen molar-refractivity contribution in [3.63, 3.8) is 0 Å². The Morgan fingerprint density at radius 2 is 2.55 bits per heavy atom. The maximum Gasteiger partial charge on any atom is 0.404 e. The van der Waals surface area contributed by atoms with Gasteiger partial charge < -0.3 is 10.5 Å². The van der Waals surface area contributed by atoms with Crippen LogP contribution in [0.15, 0.2) is 18.6 Å². The molecular weight excluding hydrogens is 146 g/mol. The zero-order valence-corrected chi connectivity index (χ0v) is 5.73. The lowest BCUT2D eigenvalue weighted by Gasteiger charge is -1.98. The van der Waals surface area contributed by atoms with Crippen LogP contribution in [0.1, 0.15) is 5.69 Å². The number of hydrogen-bond donors (Lipinski definition) is 1. The summed E-state index contributed by atoms with van der Waals surface area (Å²) in [6.45, 7) is 0.0951. The topological polar surface area (TPSA) is 78.1 Å². The average molecular weight is 153 g/mol. The number of carbonyl (C=O) groups excluding carboxylic acids is 1. The third kappa shape index (κ3) is 2.61. The number of hydrogen-bond acceptors (Lipinski definition) is 4. The van der Waals surface area contributed by atoms with E-state index in [2.05, 4.69) is 14.7 Å². The Kier molecular flexibility index (Phi) is 2.37. The summed E-state index contributed by atoms with van der Waals surface area (Å²) in [6.07, 6.45) is 2.13. The van der Waals surface area contributed by atoms with Crippen LogP contribution in [-0.2, 0) is 11.3 Å². The standard InChI is InChI=1S/C6H7N3O2/c7-6(10)11-3-5-1-2-8-4-9-5/h1-2,4H,3H2,(H2,7,10). The molecule has 0 radical (unpaired) electrons. The largest absolute Gasteiger partial charge is 0.443 e. The molecule has 2 N–H and O–H groups in total. The molecule has 0 saturated carbocycles. The van der Waals surface area contributed by atoms with Crippen molar-refractivity contribution in [3.8, 4) is 0 Å². The van der Waals surface area contributed by atoms with Crippen molar-refractivity contribution in [3.05, 3.63) is 24.3 Å². The van der Waals surface area contributed by atoms with E-state index in [1.54, 1.807) is 12.3 Å². The van der Waals surface area contributed by atoms with E-state index in [4.69, 9.17) is 5.73 Å². The molecule has 1 aromatic heterocycles. The normalized spacial score (nSPS) is 9.09. The Bertz CT molecular complexity index is 237. The Balaban J connectivity index is 2.45. The van der Waals surface area contributed by atoms with Gasteiger partial charge in [0.15, 0.2) is 0 Å². The average Bonchev–Trinajstić information content (AvgIpc) is 2.03. The van der Waals surface area contributed by atoms with Crippen LogP contribution < -0.4 is 5.73 Å². The molecule has 0 fully saturated rings. The number of rotatable bonds is 2. The number of nitrogens with two attached hydrogens (primary N) is 1. The third-order valence-electron chi connectivity index (χ3n) is 1.01. The second-order valence-electron chi connectivity index (χ2n) is 1.81. The summed E-state index contributed by atoms with van der Waals surface area (Å²) in [5, 5.41) is 0. The first-order valence-corrected chi connectivity index (χ1v) is 2.96. The molecular formula is C6H7N3O2. The van der Waals surface area contributed by atoms with Crippen LogP contribution in [-0.4, -0.2) is 16.1 Å². The van der Waals surface area contributed by atoms with Gasteiger partial charge in [0, 0.05) is 6.20 Å². The van der Waals surface area contributed by atoms with E-state index >= 15 is 0 Å². The zero-order valence-electron chi connectivity index (χ0n) is 5.73. The molecule has 1 aromatic rings. The highest BCUT2D eigenvalue weighted by Crippen LogP contribution is 1.92.